The molecule has 0 bridgehead atoms. The maximum Gasteiger partial charge on any atom is 0.211 e. The average Bonchev–Trinajstić information content (AvgIpc) is 3.15. The van der Waals surface area contributed by atoms with Crippen molar-refractivity contribution in [3.63, 3.8) is 0 Å². The van der Waals surface area contributed by atoms with E-state index in [1.165, 1.54) is 22.7 Å². The van der Waals surface area contributed by atoms with Crippen molar-refractivity contribution in [1.82, 2.24) is 9.31 Å². The lowest BCUT2D eigenvalue weighted by molar-refractivity contribution is -0.143. The van der Waals surface area contributed by atoms with Gasteiger partial charge in [-0.1, -0.05) is 30.3 Å². The fourth-order valence-corrected chi connectivity index (χ4v) is 5.39. The summed E-state index contributed by atoms with van der Waals surface area (Å²) in [6.45, 7) is 0.789. The molecule has 8 heteroatoms. The second-order valence-electron chi connectivity index (χ2n) is 7.87. The van der Waals surface area contributed by atoms with Crippen LogP contribution in [0.25, 0.3) is 0 Å². The highest BCUT2D eigenvalue weighted by molar-refractivity contribution is 7.88. The van der Waals surface area contributed by atoms with Crippen molar-refractivity contribution in [1.29, 1.82) is 0 Å². The van der Waals surface area contributed by atoms with Crippen LogP contribution in [-0.2, 0) is 10.0 Å². The zero-order chi connectivity index (χ0) is 20.2. The van der Waals surface area contributed by atoms with Crippen LogP contribution in [0.2, 0.25) is 0 Å². The van der Waals surface area contributed by atoms with Gasteiger partial charge in [0, 0.05) is 37.9 Å². The Morgan fingerprint density at radius 3 is 2.48 bits per heavy atom. The second kappa shape index (κ2) is 6.53. The number of halogens is 1. The number of ether oxygens (including phenoxy) is 1. The van der Waals surface area contributed by atoms with E-state index in [4.69, 9.17) is 9.84 Å². The molecule has 2 aromatic carbocycles. The standard InChI is InChI=1S/C21H22FN3O3S/c1-29(26,27)24-12-10-21(11-13-24)25-19(17-4-2-3-5-20(17)28-21)14-18(23-25)15-6-8-16(22)9-7-15/h2-9,19H,10-14H2,1H3. The molecule has 3 heterocycles. The van der Waals surface area contributed by atoms with Gasteiger partial charge in [0.1, 0.15) is 11.6 Å². The molecule has 0 aliphatic carbocycles. The van der Waals surface area contributed by atoms with Gasteiger partial charge in [0.25, 0.3) is 0 Å². The molecule has 29 heavy (non-hydrogen) atoms. The summed E-state index contributed by atoms with van der Waals surface area (Å²) >= 11 is 0. The van der Waals surface area contributed by atoms with Gasteiger partial charge in [0.05, 0.1) is 18.0 Å². The Labute approximate surface area is 169 Å². The lowest BCUT2D eigenvalue weighted by atomic mass is 9.91. The molecule has 1 saturated heterocycles. The smallest absolute Gasteiger partial charge is 0.211 e. The highest BCUT2D eigenvalue weighted by Crippen LogP contribution is 2.50. The van der Waals surface area contributed by atoms with Crippen LogP contribution in [-0.4, -0.2) is 48.5 Å². The van der Waals surface area contributed by atoms with E-state index in [0.717, 1.165) is 22.6 Å². The minimum Gasteiger partial charge on any atom is -0.466 e. The van der Waals surface area contributed by atoms with Crippen molar-refractivity contribution in [3.05, 3.63) is 65.5 Å². The van der Waals surface area contributed by atoms with Crippen LogP contribution < -0.4 is 4.74 Å². The molecule has 1 atom stereocenters. The van der Waals surface area contributed by atoms with Gasteiger partial charge >= 0.3 is 0 Å². The Hall–Kier alpha value is -2.45. The van der Waals surface area contributed by atoms with E-state index < -0.39 is 15.7 Å². The number of fused-ring (bicyclic) bond motifs is 4. The number of hydrazone groups is 1. The molecule has 152 valence electrons. The number of piperidine rings is 1. The quantitative estimate of drug-likeness (QED) is 0.756. The van der Waals surface area contributed by atoms with Crippen LogP contribution in [0, 0.1) is 5.82 Å². The van der Waals surface area contributed by atoms with Gasteiger partial charge in [-0.25, -0.2) is 22.1 Å². The van der Waals surface area contributed by atoms with Crippen LogP contribution in [0.15, 0.2) is 53.6 Å². The van der Waals surface area contributed by atoms with E-state index in [9.17, 15) is 12.8 Å². The van der Waals surface area contributed by atoms with Crippen molar-refractivity contribution < 1.29 is 17.5 Å². The largest absolute Gasteiger partial charge is 0.466 e. The van der Waals surface area contributed by atoms with Crippen LogP contribution in [0.1, 0.15) is 36.4 Å². The van der Waals surface area contributed by atoms with Gasteiger partial charge in [0.2, 0.25) is 15.7 Å². The summed E-state index contributed by atoms with van der Waals surface area (Å²) in [7, 11) is -3.23. The number of hydrogen-bond donors (Lipinski definition) is 0. The third-order valence-corrected chi connectivity index (χ3v) is 7.36. The Morgan fingerprint density at radius 2 is 1.79 bits per heavy atom. The number of sulfonamides is 1. The first-order valence-corrected chi connectivity index (χ1v) is 11.6. The normalized spacial score (nSPS) is 23.3. The number of para-hydroxylation sites is 1. The van der Waals surface area contributed by atoms with Gasteiger partial charge in [-0.2, -0.15) is 5.10 Å². The summed E-state index contributed by atoms with van der Waals surface area (Å²) in [5, 5.41) is 6.93. The molecule has 1 unspecified atom stereocenters. The minimum atomic E-state index is -3.23. The zero-order valence-electron chi connectivity index (χ0n) is 16.1. The van der Waals surface area contributed by atoms with Crippen molar-refractivity contribution in [2.75, 3.05) is 19.3 Å². The number of benzene rings is 2. The zero-order valence-corrected chi connectivity index (χ0v) is 16.9. The summed E-state index contributed by atoms with van der Waals surface area (Å²) in [6, 6.07) is 14.4. The van der Waals surface area contributed by atoms with E-state index in [-0.39, 0.29) is 11.9 Å². The number of rotatable bonds is 2. The van der Waals surface area contributed by atoms with E-state index in [1.54, 1.807) is 12.1 Å². The maximum atomic E-state index is 13.4. The van der Waals surface area contributed by atoms with Gasteiger partial charge in [0.15, 0.2) is 0 Å². The van der Waals surface area contributed by atoms with E-state index in [1.807, 2.05) is 23.2 Å². The molecule has 1 spiro atoms. The molecule has 3 aliphatic heterocycles. The highest BCUT2D eigenvalue weighted by atomic mass is 32.2. The Balaban J connectivity index is 1.53. The molecular formula is C21H22FN3O3S. The molecule has 0 N–H and O–H groups in total. The van der Waals surface area contributed by atoms with Crippen LogP contribution in [0.3, 0.4) is 0 Å². The fraction of sp³-hybridized carbons (Fsp3) is 0.381. The molecule has 2 aromatic rings. The molecule has 0 aromatic heterocycles. The van der Waals surface area contributed by atoms with E-state index in [2.05, 4.69) is 6.07 Å². The summed E-state index contributed by atoms with van der Waals surface area (Å²) in [5.74, 6) is 0.556. The highest BCUT2D eigenvalue weighted by Gasteiger charge is 2.52. The third-order valence-electron chi connectivity index (χ3n) is 6.06. The summed E-state index contributed by atoms with van der Waals surface area (Å²) in [6.07, 6.45) is 3.01. The monoisotopic (exact) mass is 415 g/mol. The molecular weight excluding hydrogens is 393 g/mol. The average molecular weight is 415 g/mol. The van der Waals surface area contributed by atoms with Crippen LogP contribution >= 0.6 is 0 Å². The molecule has 0 amide bonds. The predicted molar refractivity (Wildman–Crippen MR) is 108 cm³/mol. The van der Waals surface area contributed by atoms with E-state index in [0.29, 0.717) is 32.4 Å². The van der Waals surface area contributed by atoms with Gasteiger partial charge < -0.3 is 4.74 Å². The molecule has 1 fully saturated rings. The lowest BCUT2D eigenvalue weighted by Gasteiger charge is -2.50. The van der Waals surface area contributed by atoms with Gasteiger partial charge in [-0.3, -0.25) is 0 Å². The second-order valence-corrected chi connectivity index (χ2v) is 9.85. The van der Waals surface area contributed by atoms with Crippen molar-refractivity contribution >= 4 is 15.7 Å². The van der Waals surface area contributed by atoms with Crippen LogP contribution in [0.4, 0.5) is 4.39 Å². The first kappa shape index (κ1) is 18.6. The molecule has 0 saturated carbocycles. The topological polar surface area (TPSA) is 62.2 Å². The van der Waals surface area contributed by atoms with Gasteiger partial charge in [-0.05, 0) is 23.8 Å². The summed E-state index contributed by atoms with van der Waals surface area (Å²) in [4.78, 5) is 0. The lowest BCUT2D eigenvalue weighted by Crippen LogP contribution is -2.59. The number of hydrogen-bond acceptors (Lipinski definition) is 5. The first-order valence-electron chi connectivity index (χ1n) is 9.72. The fourth-order valence-electron chi connectivity index (χ4n) is 4.54. The maximum absolute atomic E-state index is 13.4. The van der Waals surface area contributed by atoms with Crippen molar-refractivity contribution in [2.45, 2.75) is 31.0 Å². The molecule has 6 nitrogen and oxygen atoms in total. The third kappa shape index (κ3) is 3.11. The van der Waals surface area contributed by atoms with Crippen molar-refractivity contribution in [3.8, 4) is 5.75 Å². The Kier molecular flexibility index (Phi) is 4.18. The Bertz CT molecular complexity index is 1080. The van der Waals surface area contributed by atoms with Crippen LogP contribution in [0.5, 0.6) is 5.75 Å². The van der Waals surface area contributed by atoms with Crippen molar-refractivity contribution in [2.24, 2.45) is 5.10 Å². The molecule has 5 rings (SSSR count). The molecule has 0 radical (unpaired) electrons. The summed E-state index contributed by atoms with van der Waals surface area (Å²) < 4.78 is 45.3. The summed E-state index contributed by atoms with van der Waals surface area (Å²) in [5.41, 5.74) is 2.17. The first-order chi connectivity index (χ1) is 13.9. The molecule has 3 aliphatic rings. The number of nitrogens with zero attached hydrogens (tertiary/aromatic N) is 3. The minimum absolute atomic E-state index is 0.0183. The van der Waals surface area contributed by atoms with E-state index >= 15 is 0 Å². The predicted octanol–water partition coefficient (Wildman–Crippen LogP) is 3.12. The van der Waals surface area contributed by atoms with Gasteiger partial charge in [-0.15, -0.1) is 0 Å². The Morgan fingerprint density at radius 1 is 1.10 bits per heavy atom. The SMILES string of the molecule is CS(=O)(=O)N1CCC2(CC1)Oc1ccccc1C1CC(c3ccc(F)cc3)=NN12.